The molecule has 5 nitrogen and oxygen atoms in total. The first-order chi connectivity index (χ1) is 11.6. The zero-order valence-electron chi connectivity index (χ0n) is 12.6. The lowest BCUT2D eigenvalue weighted by molar-refractivity contribution is 0.116. The molecule has 0 saturated heterocycles. The van der Waals surface area contributed by atoms with Crippen molar-refractivity contribution in [3.8, 4) is 10.8 Å². The minimum atomic E-state index is -2.78. The average Bonchev–Trinajstić information content (AvgIpc) is 3.21. The Labute approximate surface area is 145 Å². The molecular formula is C15H13ClF2N4OS. The summed E-state index contributed by atoms with van der Waals surface area (Å²) in [5.74, 6) is -0.631. The first kappa shape index (κ1) is 16.8. The standard InChI is InChI=1S/C15H13ClF2N4OS/c1-2-22(10-5-3-4-9(16)6-10)8-12-19-7-11(24-12)14-20-21-15(23-14)13(17)18/h3-7,13H,2,8H2,1H3. The van der Waals surface area contributed by atoms with Crippen molar-refractivity contribution in [2.24, 2.45) is 0 Å². The molecule has 0 spiro atoms. The average molecular weight is 371 g/mol. The highest BCUT2D eigenvalue weighted by Crippen LogP contribution is 2.29. The number of hydrogen-bond acceptors (Lipinski definition) is 6. The molecule has 0 fully saturated rings. The third-order valence-electron chi connectivity index (χ3n) is 3.27. The highest BCUT2D eigenvalue weighted by Gasteiger charge is 2.19. The van der Waals surface area contributed by atoms with Gasteiger partial charge in [0.1, 0.15) is 9.88 Å². The molecule has 0 aliphatic heterocycles. The minimum Gasteiger partial charge on any atom is -0.414 e. The van der Waals surface area contributed by atoms with Gasteiger partial charge < -0.3 is 9.32 Å². The monoisotopic (exact) mass is 370 g/mol. The lowest BCUT2D eigenvalue weighted by Gasteiger charge is -2.21. The molecule has 0 aliphatic carbocycles. The predicted molar refractivity (Wildman–Crippen MR) is 88.5 cm³/mol. The van der Waals surface area contributed by atoms with E-state index in [1.54, 1.807) is 6.20 Å². The highest BCUT2D eigenvalue weighted by molar-refractivity contribution is 7.15. The van der Waals surface area contributed by atoms with Crippen LogP contribution in [0.1, 0.15) is 24.2 Å². The van der Waals surface area contributed by atoms with Crippen molar-refractivity contribution in [3.63, 3.8) is 0 Å². The van der Waals surface area contributed by atoms with E-state index in [0.717, 1.165) is 17.2 Å². The summed E-state index contributed by atoms with van der Waals surface area (Å²) in [5.41, 5.74) is 0.986. The Bertz CT molecular complexity index is 823. The van der Waals surface area contributed by atoms with E-state index in [2.05, 4.69) is 20.1 Å². The van der Waals surface area contributed by atoms with Gasteiger partial charge in [0.2, 0.25) is 0 Å². The highest BCUT2D eigenvalue weighted by atomic mass is 35.5. The van der Waals surface area contributed by atoms with Gasteiger partial charge in [-0.05, 0) is 25.1 Å². The van der Waals surface area contributed by atoms with Gasteiger partial charge in [-0.15, -0.1) is 21.5 Å². The molecule has 0 saturated carbocycles. The van der Waals surface area contributed by atoms with E-state index >= 15 is 0 Å². The summed E-state index contributed by atoms with van der Waals surface area (Å²) in [7, 11) is 0. The van der Waals surface area contributed by atoms with E-state index < -0.39 is 12.3 Å². The number of thiazole rings is 1. The van der Waals surface area contributed by atoms with Crippen molar-refractivity contribution < 1.29 is 13.2 Å². The van der Waals surface area contributed by atoms with Gasteiger partial charge in [-0.2, -0.15) is 8.78 Å². The number of rotatable bonds is 6. The molecule has 0 unspecified atom stereocenters. The molecule has 3 aromatic rings. The van der Waals surface area contributed by atoms with E-state index in [4.69, 9.17) is 16.0 Å². The molecule has 24 heavy (non-hydrogen) atoms. The summed E-state index contributed by atoms with van der Waals surface area (Å²) in [4.78, 5) is 6.98. The van der Waals surface area contributed by atoms with Gasteiger partial charge >= 0.3 is 6.43 Å². The molecule has 1 aromatic carbocycles. The van der Waals surface area contributed by atoms with Gasteiger partial charge in [-0.25, -0.2) is 4.98 Å². The molecule has 2 aromatic heterocycles. The molecule has 0 N–H and O–H groups in total. The molecule has 2 heterocycles. The largest absolute Gasteiger partial charge is 0.414 e. The van der Waals surface area contributed by atoms with Crippen molar-refractivity contribution in [2.75, 3.05) is 11.4 Å². The molecule has 0 aliphatic rings. The molecule has 126 valence electrons. The number of aromatic nitrogens is 3. The predicted octanol–water partition coefficient (Wildman–Crippen LogP) is 4.81. The van der Waals surface area contributed by atoms with Gasteiger partial charge in [0.15, 0.2) is 0 Å². The Balaban J connectivity index is 1.77. The summed E-state index contributed by atoms with van der Waals surface area (Å²) in [6.07, 6.45) is -1.23. The second-order valence-electron chi connectivity index (χ2n) is 4.86. The van der Waals surface area contributed by atoms with Crippen LogP contribution in [-0.4, -0.2) is 21.7 Å². The maximum atomic E-state index is 12.5. The molecule has 0 bridgehead atoms. The Morgan fingerprint density at radius 1 is 1.33 bits per heavy atom. The number of hydrogen-bond donors (Lipinski definition) is 0. The SMILES string of the molecule is CCN(Cc1ncc(-c2nnc(C(F)F)o2)s1)c1cccc(Cl)c1. The Hall–Kier alpha value is -2.06. The smallest absolute Gasteiger partial charge is 0.314 e. The lowest BCUT2D eigenvalue weighted by atomic mass is 10.3. The molecule has 0 radical (unpaired) electrons. The van der Waals surface area contributed by atoms with Crippen LogP contribution in [0.4, 0.5) is 14.5 Å². The zero-order chi connectivity index (χ0) is 17.1. The summed E-state index contributed by atoms with van der Waals surface area (Å²) in [5, 5.41) is 8.43. The zero-order valence-corrected chi connectivity index (χ0v) is 14.2. The summed E-state index contributed by atoms with van der Waals surface area (Å²) in [6, 6.07) is 7.55. The van der Waals surface area contributed by atoms with E-state index in [1.807, 2.05) is 31.2 Å². The maximum absolute atomic E-state index is 12.5. The van der Waals surface area contributed by atoms with E-state index in [9.17, 15) is 8.78 Å². The van der Waals surface area contributed by atoms with Crippen LogP contribution in [0.3, 0.4) is 0 Å². The second-order valence-corrected chi connectivity index (χ2v) is 6.41. The second kappa shape index (κ2) is 7.23. The van der Waals surface area contributed by atoms with Crippen molar-refractivity contribution in [3.05, 3.63) is 46.4 Å². The first-order valence-corrected chi connectivity index (χ1v) is 8.33. The molecule has 3 rings (SSSR count). The number of anilines is 1. The van der Waals surface area contributed by atoms with Crippen molar-refractivity contribution >= 4 is 28.6 Å². The fraction of sp³-hybridized carbons (Fsp3) is 0.267. The minimum absolute atomic E-state index is 0.0554. The summed E-state index contributed by atoms with van der Waals surface area (Å²) >= 11 is 7.36. The fourth-order valence-electron chi connectivity index (χ4n) is 2.13. The number of alkyl halides is 2. The topological polar surface area (TPSA) is 55.1 Å². The first-order valence-electron chi connectivity index (χ1n) is 7.14. The van der Waals surface area contributed by atoms with Crippen LogP contribution in [-0.2, 0) is 6.54 Å². The normalized spacial score (nSPS) is 11.2. The van der Waals surface area contributed by atoms with Crippen molar-refractivity contribution in [2.45, 2.75) is 19.9 Å². The van der Waals surface area contributed by atoms with Crippen molar-refractivity contribution in [1.82, 2.24) is 15.2 Å². The third kappa shape index (κ3) is 3.70. The van der Waals surface area contributed by atoms with Gasteiger partial charge in [0.05, 0.1) is 12.7 Å². The Morgan fingerprint density at radius 3 is 2.83 bits per heavy atom. The van der Waals surface area contributed by atoms with Crippen LogP contribution in [0.15, 0.2) is 34.9 Å². The molecular weight excluding hydrogens is 358 g/mol. The quantitative estimate of drug-likeness (QED) is 0.623. The number of benzene rings is 1. The van der Waals surface area contributed by atoms with E-state index in [0.29, 0.717) is 16.4 Å². The van der Waals surface area contributed by atoms with E-state index in [1.165, 1.54) is 11.3 Å². The maximum Gasteiger partial charge on any atom is 0.314 e. The van der Waals surface area contributed by atoms with Gasteiger partial charge in [-0.3, -0.25) is 0 Å². The van der Waals surface area contributed by atoms with Gasteiger partial charge in [0.25, 0.3) is 11.8 Å². The third-order valence-corrected chi connectivity index (χ3v) is 4.48. The Morgan fingerprint density at radius 2 is 2.17 bits per heavy atom. The van der Waals surface area contributed by atoms with Crippen LogP contribution >= 0.6 is 22.9 Å². The Kier molecular flexibility index (Phi) is 5.06. The lowest BCUT2D eigenvalue weighted by Crippen LogP contribution is -2.21. The van der Waals surface area contributed by atoms with Crippen molar-refractivity contribution in [1.29, 1.82) is 0 Å². The van der Waals surface area contributed by atoms with Gasteiger partial charge in [-0.1, -0.05) is 17.7 Å². The fourth-order valence-corrected chi connectivity index (χ4v) is 3.17. The molecule has 0 amide bonds. The van der Waals surface area contributed by atoms with Gasteiger partial charge in [0, 0.05) is 17.3 Å². The number of nitrogens with zero attached hydrogens (tertiary/aromatic N) is 4. The van der Waals surface area contributed by atoms with Crippen LogP contribution in [0, 0.1) is 0 Å². The van der Waals surface area contributed by atoms with Crippen LogP contribution in [0.2, 0.25) is 5.02 Å². The summed E-state index contributed by atoms with van der Waals surface area (Å²) < 4.78 is 30.0. The molecule has 0 atom stereocenters. The van der Waals surface area contributed by atoms with E-state index in [-0.39, 0.29) is 5.89 Å². The van der Waals surface area contributed by atoms with Crippen LogP contribution in [0.5, 0.6) is 0 Å². The molecule has 9 heteroatoms. The van der Waals surface area contributed by atoms with Crippen LogP contribution in [0.25, 0.3) is 10.8 Å². The summed E-state index contributed by atoms with van der Waals surface area (Å²) in [6.45, 7) is 3.37. The number of halogens is 3. The van der Waals surface area contributed by atoms with Crippen LogP contribution < -0.4 is 4.90 Å².